The molecule has 24 heavy (non-hydrogen) atoms. The predicted molar refractivity (Wildman–Crippen MR) is 92.9 cm³/mol. The number of hydrogen-bond acceptors (Lipinski definition) is 6. The van der Waals surface area contributed by atoms with E-state index in [1.807, 2.05) is 13.8 Å². The van der Waals surface area contributed by atoms with Gasteiger partial charge in [0.25, 0.3) is 0 Å². The maximum Gasteiger partial charge on any atom is 0.322 e. The number of nitrogens with zero attached hydrogens (tertiary/aromatic N) is 2. The fourth-order valence-electron chi connectivity index (χ4n) is 1.86. The van der Waals surface area contributed by atoms with Crippen molar-refractivity contribution in [1.82, 2.24) is 4.98 Å². The highest BCUT2D eigenvalue weighted by atomic mass is 35.5. The van der Waals surface area contributed by atoms with Crippen LogP contribution in [0.2, 0.25) is 10.2 Å². The molecular weight excluding hydrogens is 355 g/mol. The van der Waals surface area contributed by atoms with Crippen molar-refractivity contribution >= 4 is 41.2 Å². The van der Waals surface area contributed by atoms with Crippen LogP contribution in [0.25, 0.3) is 0 Å². The van der Waals surface area contributed by atoms with Gasteiger partial charge in [0.15, 0.2) is 11.7 Å². The number of aliphatic hydroxyl groups is 1. The van der Waals surface area contributed by atoms with Crippen LogP contribution in [0.3, 0.4) is 0 Å². The molecule has 1 aromatic rings. The summed E-state index contributed by atoms with van der Waals surface area (Å²) >= 11 is 11.8. The summed E-state index contributed by atoms with van der Waals surface area (Å²) in [6.07, 6.45) is 2.49. The van der Waals surface area contributed by atoms with Crippen molar-refractivity contribution in [2.45, 2.75) is 26.8 Å². The van der Waals surface area contributed by atoms with Gasteiger partial charge >= 0.3 is 5.97 Å². The zero-order chi connectivity index (χ0) is 18.3. The molecule has 0 aromatic carbocycles. The molecule has 132 valence electrons. The molecule has 1 heterocycles. The van der Waals surface area contributed by atoms with Gasteiger partial charge in [-0.25, -0.2) is 4.98 Å². The van der Waals surface area contributed by atoms with Gasteiger partial charge in [-0.15, -0.1) is 0 Å². The fourth-order valence-corrected chi connectivity index (χ4v) is 2.21. The summed E-state index contributed by atoms with van der Waals surface area (Å²) in [6.45, 7) is 5.30. The first-order valence-electron chi connectivity index (χ1n) is 7.47. The van der Waals surface area contributed by atoms with E-state index in [2.05, 4.69) is 9.98 Å². The first kappa shape index (κ1) is 20.5. The summed E-state index contributed by atoms with van der Waals surface area (Å²) in [6, 6.07) is 0.910. The van der Waals surface area contributed by atoms with Gasteiger partial charge in [0.2, 0.25) is 0 Å². The number of rotatable bonds is 8. The number of aromatic nitrogens is 1. The number of hydrogen-bond donors (Lipinski definition) is 1. The number of aliphatic imine (C=N–C) groups is 1. The number of ketones is 1. The van der Waals surface area contributed by atoms with Crippen LogP contribution in [0.5, 0.6) is 0 Å². The summed E-state index contributed by atoms with van der Waals surface area (Å²) in [5.74, 6) is -2.60. The molecule has 0 aliphatic carbocycles. The molecule has 1 aromatic heterocycles. The number of carbonyl (C=O) groups is 2. The number of ether oxygens (including phenoxy) is 1. The van der Waals surface area contributed by atoms with Crippen molar-refractivity contribution in [3.05, 3.63) is 28.0 Å². The van der Waals surface area contributed by atoms with E-state index in [1.165, 1.54) is 18.5 Å². The molecule has 0 aliphatic rings. The van der Waals surface area contributed by atoms with Crippen molar-refractivity contribution in [1.29, 1.82) is 0 Å². The van der Waals surface area contributed by atoms with Crippen LogP contribution in [0, 0.1) is 11.8 Å². The molecule has 0 spiro atoms. The van der Waals surface area contributed by atoms with Crippen molar-refractivity contribution < 1.29 is 19.4 Å². The second kappa shape index (κ2) is 9.71. The Morgan fingerprint density at radius 2 is 2.08 bits per heavy atom. The van der Waals surface area contributed by atoms with E-state index in [0.717, 1.165) is 0 Å². The average molecular weight is 375 g/mol. The van der Waals surface area contributed by atoms with Crippen LogP contribution in [0.1, 0.15) is 31.1 Å². The van der Waals surface area contributed by atoms with E-state index in [9.17, 15) is 14.7 Å². The topological polar surface area (TPSA) is 88.9 Å². The van der Waals surface area contributed by atoms with Crippen molar-refractivity contribution in [2.24, 2.45) is 16.8 Å². The number of pyridine rings is 1. The van der Waals surface area contributed by atoms with Gasteiger partial charge in [-0.2, -0.15) is 0 Å². The fraction of sp³-hybridized carbons (Fsp3) is 0.500. The van der Waals surface area contributed by atoms with Crippen LogP contribution in [-0.4, -0.2) is 47.3 Å². The Morgan fingerprint density at radius 1 is 1.42 bits per heavy atom. The molecule has 0 aliphatic heterocycles. The van der Waals surface area contributed by atoms with Gasteiger partial charge in [0.1, 0.15) is 5.15 Å². The van der Waals surface area contributed by atoms with Crippen molar-refractivity contribution in [3.63, 3.8) is 0 Å². The lowest BCUT2D eigenvalue weighted by Gasteiger charge is -2.15. The molecule has 1 rings (SSSR count). The Labute approximate surface area is 150 Å². The van der Waals surface area contributed by atoms with Crippen LogP contribution in [-0.2, 0) is 9.53 Å². The Bertz CT molecular complexity index is 620. The van der Waals surface area contributed by atoms with Crippen LogP contribution >= 0.6 is 23.2 Å². The second-order valence-electron chi connectivity index (χ2n) is 5.38. The van der Waals surface area contributed by atoms with Crippen LogP contribution in [0.15, 0.2) is 17.3 Å². The van der Waals surface area contributed by atoms with E-state index in [4.69, 9.17) is 27.9 Å². The van der Waals surface area contributed by atoms with Gasteiger partial charge < -0.3 is 9.84 Å². The Hall–Kier alpha value is -1.50. The highest BCUT2D eigenvalue weighted by molar-refractivity contribution is 6.36. The summed E-state index contributed by atoms with van der Waals surface area (Å²) < 4.78 is 4.93. The van der Waals surface area contributed by atoms with Crippen molar-refractivity contribution in [3.8, 4) is 0 Å². The lowest BCUT2D eigenvalue weighted by molar-refractivity contribution is -0.143. The molecule has 2 atom stereocenters. The van der Waals surface area contributed by atoms with E-state index in [-0.39, 0.29) is 34.9 Å². The van der Waals surface area contributed by atoms with Gasteiger partial charge in [-0.1, -0.05) is 37.0 Å². The van der Waals surface area contributed by atoms with Crippen LogP contribution in [0.4, 0.5) is 0 Å². The van der Waals surface area contributed by atoms with Gasteiger partial charge in [-0.05, 0) is 18.9 Å². The van der Waals surface area contributed by atoms with Crippen LogP contribution < -0.4 is 0 Å². The van der Waals surface area contributed by atoms with E-state index < -0.39 is 23.7 Å². The van der Waals surface area contributed by atoms with E-state index >= 15 is 0 Å². The number of halogens is 2. The second-order valence-corrected chi connectivity index (χ2v) is 6.17. The number of carbonyl (C=O) groups excluding carboxylic acids is 2. The van der Waals surface area contributed by atoms with Crippen molar-refractivity contribution in [2.75, 3.05) is 13.2 Å². The highest BCUT2D eigenvalue weighted by Crippen LogP contribution is 2.21. The minimum absolute atomic E-state index is 0.0127. The van der Waals surface area contributed by atoms with Gasteiger partial charge in [-0.3, -0.25) is 14.6 Å². The van der Waals surface area contributed by atoms with Gasteiger partial charge in [0.05, 0.1) is 29.8 Å². The maximum atomic E-state index is 12.7. The maximum absolute atomic E-state index is 12.7. The van der Waals surface area contributed by atoms with Gasteiger partial charge in [0, 0.05) is 12.4 Å². The van der Waals surface area contributed by atoms with E-state index in [1.54, 1.807) is 6.92 Å². The molecule has 2 unspecified atom stereocenters. The number of esters is 1. The largest absolute Gasteiger partial charge is 0.465 e. The Kier molecular flexibility index (Phi) is 8.31. The molecule has 0 amide bonds. The summed E-state index contributed by atoms with van der Waals surface area (Å²) in [4.78, 5) is 32.8. The Balaban J connectivity index is 3.18. The normalized spacial score (nSPS) is 14.0. The molecule has 0 saturated heterocycles. The SMILES string of the molecule is CCOC(=O)C(C=NC(CO)C(C)C)C(=O)c1cc(Cl)cnc1Cl. The summed E-state index contributed by atoms with van der Waals surface area (Å²) in [5, 5.41) is 9.48. The first-order chi connectivity index (χ1) is 11.3. The third-order valence-corrected chi connectivity index (χ3v) is 3.79. The average Bonchev–Trinajstić information content (AvgIpc) is 2.53. The van der Waals surface area contributed by atoms with E-state index in [0.29, 0.717) is 0 Å². The minimum atomic E-state index is -1.28. The molecule has 8 heteroatoms. The number of Topliss-reactive ketones (excluding diaryl/α,β-unsaturated/α-hetero) is 1. The molecule has 0 fully saturated rings. The minimum Gasteiger partial charge on any atom is -0.465 e. The third kappa shape index (κ3) is 5.54. The monoisotopic (exact) mass is 374 g/mol. The third-order valence-electron chi connectivity index (χ3n) is 3.28. The quantitative estimate of drug-likeness (QED) is 0.248. The molecule has 0 radical (unpaired) electrons. The zero-order valence-electron chi connectivity index (χ0n) is 13.7. The lowest BCUT2D eigenvalue weighted by atomic mass is 9.99. The standard InChI is InChI=1S/C16H20Cl2N2O4/c1-4-24-16(23)12(7-19-13(8-21)9(2)3)14(22)11-5-10(17)6-20-15(11)18/h5-7,9,12-13,21H,4,8H2,1-3H3. The predicted octanol–water partition coefficient (Wildman–Crippen LogP) is 2.84. The summed E-state index contributed by atoms with van der Waals surface area (Å²) in [7, 11) is 0. The first-order valence-corrected chi connectivity index (χ1v) is 8.23. The molecule has 1 N–H and O–H groups in total. The molecule has 0 bridgehead atoms. The number of aliphatic hydroxyl groups excluding tert-OH is 1. The molecule has 6 nitrogen and oxygen atoms in total. The highest BCUT2D eigenvalue weighted by Gasteiger charge is 2.30. The lowest BCUT2D eigenvalue weighted by Crippen LogP contribution is -2.29. The smallest absolute Gasteiger partial charge is 0.322 e. The Morgan fingerprint density at radius 3 is 2.62 bits per heavy atom. The summed E-state index contributed by atoms with van der Waals surface area (Å²) in [5.41, 5.74) is 0.0127. The molecule has 0 saturated carbocycles. The zero-order valence-corrected chi connectivity index (χ0v) is 15.2. The molecular formula is C16H20Cl2N2O4.